The van der Waals surface area contributed by atoms with Crippen LogP contribution in [0.5, 0.6) is 5.88 Å². The van der Waals surface area contributed by atoms with Crippen molar-refractivity contribution in [3.05, 3.63) is 5.56 Å². The number of rotatable bonds is 5. The Morgan fingerprint density at radius 3 is 2.45 bits per heavy atom. The van der Waals surface area contributed by atoms with E-state index in [1.807, 2.05) is 33.8 Å². The van der Waals surface area contributed by atoms with Crippen LogP contribution in [-0.4, -0.2) is 28.7 Å². The summed E-state index contributed by atoms with van der Waals surface area (Å²) in [7, 11) is 1.46. The smallest absolute Gasteiger partial charge is 0.238 e. The van der Waals surface area contributed by atoms with Crippen molar-refractivity contribution in [2.75, 3.05) is 17.7 Å². The second-order valence-corrected chi connectivity index (χ2v) is 5.09. The van der Waals surface area contributed by atoms with Crippen molar-refractivity contribution >= 4 is 11.8 Å². The van der Waals surface area contributed by atoms with Crippen LogP contribution in [0.15, 0.2) is 0 Å². The van der Waals surface area contributed by atoms with Gasteiger partial charge >= 0.3 is 0 Å². The molecular weight excluding hydrogens is 254 g/mol. The van der Waals surface area contributed by atoms with Gasteiger partial charge in [0.1, 0.15) is 6.07 Å². The van der Waals surface area contributed by atoms with Gasteiger partial charge in [-0.1, -0.05) is 5.92 Å². The Balaban J connectivity index is 3.29. The number of hydrogen-bond donors (Lipinski definition) is 2. The van der Waals surface area contributed by atoms with Gasteiger partial charge in [0.15, 0.2) is 11.4 Å². The maximum atomic E-state index is 9.21. The molecule has 0 bridgehead atoms. The third kappa shape index (κ3) is 3.76. The van der Waals surface area contributed by atoms with E-state index in [1.54, 1.807) is 0 Å². The molecule has 1 rings (SSSR count). The molecular formula is C14H19N5O. The zero-order valence-corrected chi connectivity index (χ0v) is 12.4. The van der Waals surface area contributed by atoms with Gasteiger partial charge in [0.05, 0.1) is 12.6 Å². The number of hydrogen-bond acceptors (Lipinski definition) is 6. The predicted molar refractivity (Wildman–Crippen MR) is 78.6 cm³/mol. The second kappa shape index (κ2) is 6.12. The van der Waals surface area contributed by atoms with Crippen molar-refractivity contribution < 1.29 is 4.74 Å². The molecule has 0 saturated carbocycles. The first-order valence-corrected chi connectivity index (χ1v) is 6.21. The van der Waals surface area contributed by atoms with Gasteiger partial charge in [-0.2, -0.15) is 15.2 Å². The molecule has 20 heavy (non-hydrogen) atoms. The van der Waals surface area contributed by atoms with Gasteiger partial charge in [0.2, 0.25) is 11.8 Å². The lowest BCUT2D eigenvalue weighted by molar-refractivity contribution is 0.396. The van der Waals surface area contributed by atoms with Crippen LogP contribution in [0, 0.1) is 23.7 Å². The molecule has 1 aromatic heterocycles. The van der Waals surface area contributed by atoms with Gasteiger partial charge in [0.25, 0.3) is 0 Å². The van der Waals surface area contributed by atoms with E-state index in [2.05, 4.69) is 26.5 Å². The summed E-state index contributed by atoms with van der Waals surface area (Å²) >= 11 is 0. The number of nitrogens with zero attached hydrogens (tertiary/aromatic N) is 3. The Kier molecular flexibility index (Phi) is 4.77. The van der Waals surface area contributed by atoms with Gasteiger partial charge < -0.3 is 15.4 Å². The van der Waals surface area contributed by atoms with E-state index in [4.69, 9.17) is 11.2 Å². The van der Waals surface area contributed by atoms with E-state index >= 15 is 0 Å². The molecule has 1 heterocycles. The van der Waals surface area contributed by atoms with Gasteiger partial charge in [-0.3, -0.25) is 0 Å². The topological polar surface area (TPSA) is 82.9 Å². The molecule has 0 amide bonds. The van der Waals surface area contributed by atoms with Crippen LogP contribution < -0.4 is 15.4 Å². The Morgan fingerprint density at radius 2 is 2.00 bits per heavy atom. The van der Waals surface area contributed by atoms with Gasteiger partial charge in [0, 0.05) is 6.04 Å². The summed E-state index contributed by atoms with van der Waals surface area (Å²) in [6, 6.07) is 2.16. The Hall–Kier alpha value is -2.47. The standard InChI is InChI=1S/C14H19N5O/c1-7-14(4,5)19-13-17-11(16-9(2)3)10(8-15)12(18-13)20-6/h1,9H,2-6H3,(H2,16,17,18,19). The van der Waals surface area contributed by atoms with E-state index < -0.39 is 5.54 Å². The van der Waals surface area contributed by atoms with Crippen molar-refractivity contribution in [1.82, 2.24) is 9.97 Å². The molecule has 2 N–H and O–H groups in total. The minimum atomic E-state index is -0.603. The summed E-state index contributed by atoms with van der Waals surface area (Å²) in [5.74, 6) is 3.54. The van der Waals surface area contributed by atoms with Crippen LogP contribution >= 0.6 is 0 Å². The summed E-state index contributed by atoms with van der Waals surface area (Å²) in [5.41, 5.74) is -0.334. The van der Waals surface area contributed by atoms with Crippen LogP contribution in [0.25, 0.3) is 0 Å². The maximum Gasteiger partial charge on any atom is 0.238 e. The average Bonchev–Trinajstić information content (AvgIpc) is 2.37. The Bertz CT molecular complexity index is 566. The lowest BCUT2D eigenvalue weighted by Crippen LogP contribution is -2.30. The SMILES string of the molecule is C#CC(C)(C)Nc1nc(NC(C)C)c(C#N)c(OC)n1. The van der Waals surface area contributed by atoms with Crippen molar-refractivity contribution in [1.29, 1.82) is 5.26 Å². The van der Waals surface area contributed by atoms with E-state index in [0.29, 0.717) is 11.8 Å². The van der Waals surface area contributed by atoms with E-state index in [9.17, 15) is 5.26 Å². The number of methoxy groups -OCH3 is 1. The molecule has 0 spiro atoms. The van der Waals surface area contributed by atoms with Crippen LogP contribution in [-0.2, 0) is 0 Å². The first-order chi connectivity index (χ1) is 9.32. The average molecular weight is 273 g/mol. The zero-order chi connectivity index (χ0) is 15.3. The highest BCUT2D eigenvalue weighted by Gasteiger charge is 2.20. The highest BCUT2D eigenvalue weighted by Crippen LogP contribution is 2.25. The summed E-state index contributed by atoms with van der Waals surface area (Å²) < 4.78 is 5.14. The van der Waals surface area contributed by atoms with Crippen LogP contribution in [0.4, 0.5) is 11.8 Å². The third-order valence-corrected chi connectivity index (χ3v) is 2.39. The van der Waals surface area contributed by atoms with E-state index in [1.165, 1.54) is 7.11 Å². The zero-order valence-electron chi connectivity index (χ0n) is 12.4. The van der Waals surface area contributed by atoms with Crippen LogP contribution in [0.1, 0.15) is 33.3 Å². The van der Waals surface area contributed by atoms with Gasteiger partial charge in [-0.05, 0) is 27.7 Å². The molecule has 6 nitrogen and oxygen atoms in total. The monoisotopic (exact) mass is 273 g/mol. The molecule has 0 atom stereocenters. The van der Waals surface area contributed by atoms with E-state index in [-0.39, 0.29) is 17.5 Å². The fourth-order valence-corrected chi connectivity index (χ4v) is 1.44. The van der Waals surface area contributed by atoms with E-state index in [0.717, 1.165) is 0 Å². The highest BCUT2D eigenvalue weighted by molar-refractivity contribution is 5.60. The largest absolute Gasteiger partial charge is 0.480 e. The van der Waals surface area contributed by atoms with Crippen molar-refractivity contribution in [3.63, 3.8) is 0 Å². The predicted octanol–water partition coefficient (Wildman–Crippen LogP) is 2.00. The number of ether oxygens (including phenoxy) is 1. The summed E-state index contributed by atoms with van der Waals surface area (Å²) in [4.78, 5) is 8.45. The fraction of sp³-hybridized carbons (Fsp3) is 0.500. The summed E-state index contributed by atoms with van der Waals surface area (Å²) in [6.07, 6.45) is 5.43. The molecule has 0 aliphatic rings. The summed E-state index contributed by atoms with van der Waals surface area (Å²) in [6.45, 7) is 7.57. The van der Waals surface area contributed by atoms with Gasteiger partial charge in [-0.15, -0.1) is 6.42 Å². The minimum absolute atomic E-state index is 0.121. The number of terminal acetylenes is 1. The lowest BCUT2D eigenvalue weighted by atomic mass is 10.1. The Labute approximate surface area is 119 Å². The first kappa shape index (κ1) is 15.6. The number of anilines is 2. The molecule has 0 aliphatic heterocycles. The molecule has 0 aromatic carbocycles. The second-order valence-electron chi connectivity index (χ2n) is 5.09. The van der Waals surface area contributed by atoms with Crippen molar-refractivity contribution in [2.45, 2.75) is 39.3 Å². The summed E-state index contributed by atoms with van der Waals surface area (Å²) in [5, 5.41) is 15.3. The Morgan fingerprint density at radius 1 is 1.35 bits per heavy atom. The molecule has 106 valence electrons. The van der Waals surface area contributed by atoms with Crippen LogP contribution in [0.2, 0.25) is 0 Å². The molecule has 0 saturated heterocycles. The number of nitriles is 1. The van der Waals surface area contributed by atoms with Gasteiger partial charge in [-0.25, -0.2) is 0 Å². The minimum Gasteiger partial charge on any atom is -0.480 e. The normalized spacial score (nSPS) is 10.6. The van der Waals surface area contributed by atoms with Crippen molar-refractivity contribution in [3.8, 4) is 24.3 Å². The lowest BCUT2D eigenvalue weighted by Gasteiger charge is -2.21. The fourth-order valence-electron chi connectivity index (χ4n) is 1.44. The highest BCUT2D eigenvalue weighted by atomic mass is 16.5. The molecule has 0 radical (unpaired) electrons. The number of aromatic nitrogens is 2. The maximum absolute atomic E-state index is 9.21. The molecule has 0 aliphatic carbocycles. The molecule has 1 aromatic rings. The number of nitrogens with one attached hydrogen (secondary N) is 2. The quantitative estimate of drug-likeness (QED) is 0.798. The molecule has 0 unspecified atom stereocenters. The third-order valence-electron chi connectivity index (χ3n) is 2.39. The van der Waals surface area contributed by atoms with Crippen molar-refractivity contribution in [2.24, 2.45) is 0 Å². The first-order valence-electron chi connectivity index (χ1n) is 6.21. The molecule has 0 fully saturated rings. The molecule has 6 heteroatoms. The van der Waals surface area contributed by atoms with Crippen LogP contribution in [0.3, 0.4) is 0 Å².